The van der Waals surface area contributed by atoms with E-state index in [0.717, 1.165) is 11.1 Å². The average Bonchev–Trinajstić information content (AvgIpc) is 2.77. The van der Waals surface area contributed by atoms with Gasteiger partial charge in [-0.3, -0.25) is 4.68 Å². The fraction of sp³-hybridized carbons (Fsp3) is 0.400. The van der Waals surface area contributed by atoms with Crippen LogP contribution in [-0.4, -0.2) is 24.0 Å². The van der Waals surface area contributed by atoms with E-state index in [-0.39, 0.29) is 0 Å². The van der Waals surface area contributed by atoms with Crippen molar-refractivity contribution in [3.8, 4) is 22.6 Å². The molecule has 0 saturated heterocycles. The van der Waals surface area contributed by atoms with Gasteiger partial charge in [-0.05, 0) is 23.6 Å². The maximum absolute atomic E-state index is 6.08. The lowest BCUT2D eigenvalue weighted by Crippen LogP contribution is -2.00. The predicted octanol–water partition coefficient (Wildman–Crippen LogP) is 2.81. The predicted molar refractivity (Wildman–Crippen MR) is 80.2 cm³/mol. The molecule has 0 saturated carbocycles. The van der Waals surface area contributed by atoms with E-state index in [2.05, 4.69) is 25.0 Å². The maximum atomic E-state index is 6.08. The molecule has 1 aromatic heterocycles. The number of nitrogen functional groups attached to an aromatic ring is 1. The molecule has 0 bridgehead atoms. The molecule has 2 aromatic rings. The Bertz CT molecular complexity index is 618. The van der Waals surface area contributed by atoms with Gasteiger partial charge in [0.25, 0.3) is 0 Å². The molecule has 0 aliphatic rings. The Hall–Kier alpha value is -2.17. The van der Waals surface area contributed by atoms with Crippen LogP contribution in [0, 0.1) is 0 Å². The maximum Gasteiger partial charge on any atom is 0.168 e. The average molecular weight is 275 g/mol. The minimum atomic E-state index is 0.381. The second-order valence-electron chi connectivity index (χ2n) is 5.03. The van der Waals surface area contributed by atoms with Crippen LogP contribution in [0.5, 0.6) is 11.5 Å². The topological polar surface area (TPSA) is 62.3 Å². The SMILES string of the molecule is COc1cc(C(C)C)cc(-c2cnn(C)c2N)c1OC. The molecule has 0 aliphatic heterocycles. The van der Waals surface area contributed by atoms with E-state index in [1.165, 1.54) is 5.56 Å². The van der Waals surface area contributed by atoms with Gasteiger partial charge in [0, 0.05) is 18.2 Å². The summed E-state index contributed by atoms with van der Waals surface area (Å²) in [7, 11) is 5.08. The second kappa shape index (κ2) is 5.45. The molecule has 0 amide bonds. The van der Waals surface area contributed by atoms with Crippen molar-refractivity contribution in [2.45, 2.75) is 19.8 Å². The van der Waals surface area contributed by atoms with Gasteiger partial charge in [-0.25, -0.2) is 0 Å². The molecule has 20 heavy (non-hydrogen) atoms. The highest BCUT2D eigenvalue weighted by Crippen LogP contribution is 2.42. The quantitative estimate of drug-likeness (QED) is 0.932. The number of benzene rings is 1. The molecule has 108 valence electrons. The number of hydrogen-bond acceptors (Lipinski definition) is 4. The Morgan fingerprint density at radius 3 is 2.30 bits per heavy atom. The van der Waals surface area contributed by atoms with Gasteiger partial charge in [-0.1, -0.05) is 13.8 Å². The van der Waals surface area contributed by atoms with Crippen molar-refractivity contribution in [3.63, 3.8) is 0 Å². The Balaban J connectivity index is 2.72. The van der Waals surface area contributed by atoms with Crippen LogP contribution >= 0.6 is 0 Å². The lowest BCUT2D eigenvalue weighted by Gasteiger charge is -2.16. The van der Waals surface area contributed by atoms with Gasteiger partial charge in [-0.15, -0.1) is 0 Å². The van der Waals surface area contributed by atoms with E-state index in [1.54, 1.807) is 25.1 Å². The van der Waals surface area contributed by atoms with Crippen LogP contribution in [0.2, 0.25) is 0 Å². The highest BCUT2D eigenvalue weighted by atomic mass is 16.5. The molecule has 0 fully saturated rings. The summed E-state index contributed by atoms with van der Waals surface area (Å²) in [6.45, 7) is 4.27. The molecule has 0 radical (unpaired) electrons. The number of aryl methyl sites for hydroxylation is 1. The minimum Gasteiger partial charge on any atom is -0.493 e. The summed E-state index contributed by atoms with van der Waals surface area (Å²) in [6, 6.07) is 4.08. The third-order valence-electron chi connectivity index (χ3n) is 3.44. The Kier molecular flexibility index (Phi) is 3.88. The summed E-state index contributed by atoms with van der Waals surface area (Å²) < 4.78 is 12.6. The molecule has 2 rings (SSSR count). The van der Waals surface area contributed by atoms with Crippen LogP contribution in [0.1, 0.15) is 25.3 Å². The molecular formula is C15H21N3O2. The van der Waals surface area contributed by atoms with Crippen LogP contribution in [0.3, 0.4) is 0 Å². The van der Waals surface area contributed by atoms with E-state index in [9.17, 15) is 0 Å². The zero-order valence-electron chi connectivity index (χ0n) is 12.6. The second-order valence-corrected chi connectivity index (χ2v) is 5.03. The first-order valence-corrected chi connectivity index (χ1v) is 6.53. The van der Waals surface area contributed by atoms with Gasteiger partial charge in [0.15, 0.2) is 11.5 Å². The minimum absolute atomic E-state index is 0.381. The normalized spacial score (nSPS) is 10.9. The van der Waals surface area contributed by atoms with Gasteiger partial charge in [-0.2, -0.15) is 5.10 Å². The Morgan fingerprint density at radius 1 is 1.15 bits per heavy atom. The van der Waals surface area contributed by atoms with Crippen molar-refractivity contribution in [2.75, 3.05) is 20.0 Å². The van der Waals surface area contributed by atoms with E-state index in [1.807, 2.05) is 13.1 Å². The van der Waals surface area contributed by atoms with Crippen LogP contribution in [-0.2, 0) is 7.05 Å². The first kappa shape index (κ1) is 14.2. The summed E-state index contributed by atoms with van der Waals surface area (Å²) in [5.41, 5.74) is 9.00. The van der Waals surface area contributed by atoms with Crippen molar-refractivity contribution in [1.29, 1.82) is 0 Å². The number of ether oxygens (including phenoxy) is 2. The lowest BCUT2D eigenvalue weighted by atomic mass is 9.97. The van der Waals surface area contributed by atoms with Gasteiger partial charge < -0.3 is 15.2 Å². The Morgan fingerprint density at radius 2 is 1.85 bits per heavy atom. The summed E-state index contributed by atoms with van der Waals surface area (Å²) in [4.78, 5) is 0. The molecule has 2 N–H and O–H groups in total. The van der Waals surface area contributed by atoms with Gasteiger partial charge in [0.1, 0.15) is 5.82 Å². The molecule has 5 nitrogen and oxygen atoms in total. The summed E-state index contributed by atoms with van der Waals surface area (Å²) in [5, 5.41) is 4.19. The number of aromatic nitrogens is 2. The van der Waals surface area contributed by atoms with Crippen molar-refractivity contribution in [2.24, 2.45) is 7.05 Å². The number of rotatable bonds is 4. The van der Waals surface area contributed by atoms with Crippen molar-refractivity contribution in [1.82, 2.24) is 9.78 Å². The fourth-order valence-corrected chi connectivity index (χ4v) is 2.17. The van der Waals surface area contributed by atoms with E-state index >= 15 is 0 Å². The highest BCUT2D eigenvalue weighted by Gasteiger charge is 2.18. The molecule has 0 atom stereocenters. The summed E-state index contributed by atoms with van der Waals surface area (Å²) in [6.07, 6.45) is 1.75. The third-order valence-corrected chi connectivity index (χ3v) is 3.44. The largest absolute Gasteiger partial charge is 0.493 e. The van der Waals surface area contributed by atoms with Gasteiger partial charge >= 0.3 is 0 Å². The number of nitrogens with zero attached hydrogens (tertiary/aromatic N) is 2. The molecule has 0 spiro atoms. The number of hydrogen-bond donors (Lipinski definition) is 1. The standard InChI is InChI=1S/C15H21N3O2/c1-9(2)10-6-11(12-8-17-18(3)15(12)16)14(20-5)13(7-10)19-4/h6-9H,16H2,1-5H3. The van der Waals surface area contributed by atoms with Crippen LogP contribution in [0.25, 0.3) is 11.1 Å². The fourth-order valence-electron chi connectivity index (χ4n) is 2.17. The van der Waals surface area contributed by atoms with Crippen molar-refractivity contribution >= 4 is 5.82 Å². The highest BCUT2D eigenvalue weighted by molar-refractivity contribution is 5.81. The number of methoxy groups -OCH3 is 2. The number of nitrogens with two attached hydrogens (primary N) is 1. The molecule has 1 aromatic carbocycles. The summed E-state index contributed by atoms with van der Waals surface area (Å²) >= 11 is 0. The van der Waals surface area contributed by atoms with Crippen LogP contribution < -0.4 is 15.2 Å². The van der Waals surface area contributed by atoms with Crippen molar-refractivity contribution < 1.29 is 9.47 Å². The third kappa shape index (κ3) is 2.31. The van der Waals surface area contributed by atoms with E-state index in [4.69, 9.17) is 15.2 Å². The molecular weight excluding hydrogens is 254 g/mol. The first-order valence-electron chi connectivity index (χ1n) is 6.53. The smallest absolute Gasteiger partial charge is 0.168 e. The Labute approximate surface area is 119 Å². The van der Waals surface area contributed by atoms with Crippen molar-refractivity contribution in [3.05, 3.63) is 23.9 Å². The molecule has 5 heteroatoms. The zero-order chi connectivity index (χ0) is 14.9. The molecule has 1 heterocycles. The van der Waals surface area contributed by atoms with E-state index in [0.29, 0.717) is 23.2 Å². The van der Waals surface area contributed by atoms with Gasteiger partial charge in [0.2, 0.25) is 0 Å². The molecule has 0 aliphatic carbocycles. The van der Waals surface area contributed by atoms with Crippen LogP contribution in [0.4, 0.5) is 5.82 Å². The van der Waals surface area contributed by atoms with Crippen LogP contribution in [0.15, 0.2) is 18.3 Å². The van der Waals surface area contributed by atoms with E-state index < -0.39 is 0 Å². The van der Waals surface area contributed by atoms with Gasteiger partial charge in [0.05, 0.1) is 20.4 Å². The monoisotopic (exact) mass is 275 g/mol. The first-order chi connectivity index (χ1) is 9.49. The number of anilines is 1. The molecule has 0 unspecified atom stereocenters. The summed E-state index contributed by atoms with van der Waals surface area (Å²) in [5.74, 6) is 2.37. The lowest BCUT2D eigenvalue weighted by molar-refractivity contribution is 0.355. The zero-order valence-corrected chi connectivity index (χ0v) is 12.6.